The Labute approximate surface area is 115 Å². The summed E-state index contributed by atoms with van der Waals surface area (Å²) in [6.07, 6.45) is 1.57. The molecule has 0 atom stereocenters. The van der Waals surface area contributed by atoms with E-state index in [-0.39, 0.29) is 17.0 Å². The van der Waals surface area contributed by atoms with Gasteiger partial charge < -0.3 is 9.88 Å². The maximum Gasteiger partial charge on any atom is 0.326 e. The molecule has 0 bridgehead atoms. The van der Waals surface area contributed by atoms with Crippen molar-refractivity contribution in [1.29, 1.82) is 0 Å². The van der Waals surface area contributed by atoms with Crippen molar-refractivity contribution in [2.24, 2.45) is 0 Å². The average molecular weight is 277 g/mol. The number of fused-ring (bicyclic) bond motifs is 1. The maximum atomic E-state index is 12.1. The number of benzene rings is 1. The van der Waals surface area contributed by atoms with Gasteiger partial charge in [-0.1, -0.05) is 24.8 Å². The van der Waals surface area contributed by atoms with Crippen LogP contribution in [0.15, 0.2) is 29.1 Å². The van der Waals surface area contributed by atoms with E-state index >= 15 is 0 Å². The number of H-pyrrole nitrogens is 1. The standard InChI is InChI=1S/C13H15N3O2S/c17-12-14-10-3-1-2-4-11(10)16(12)9-5-7-15(8-6-9)13(18)19/h1-4,9H,5-8H2,(H,14,17)(H,18,19). The molecule has 1 amide bonds. The lowest BCUT2D eigenvalue weighted by Crippen LogP contribution is -2.38. The van der Waals surface area contributed by atoms with E-state index in [1.54, 1.807) is 4.90 Å². The number of para-hydroxylation sites is 2. The second kappa shape index (κ2) is 4.77. The molecule has 0 saturated carbocycles. The second-order valence-corrected chi connectivity index (χ2v) is 5.20. The van der Waals surface area contributed by atoms with Crippen LogP contribution in [0, 0.1) is 0 Å². The van der Waals surface area contributed by atoms with E-state index in [0.29, 0.717) is 13.1 Å². The zero-order valence-corrected chi connectivity index (χ0v) is 11.3. The number of hydrogen-bond acceptors (Lipinski definition) is 2. The predicted molar refractivity (Wildman–Crippen MR) is 76.8 cm³/mol. The van der Waals surface area contributed by atoms with Crippen molar-refractivity contribution < 1.29 is 4.79 Å². The van der Waals surface area contributed by atoms with Gasteiger partial charge in [-0.05, 0) is 25.0 Å². The Kier molecular flexibility index (Phi) is 3.10. The van der Waals surface area contributed by atoms with Gasteiger partial charge in [0, 0.05) is 19.1 Å². The van der Waals surface area contributed by atoms with E-state index in [0.717, 1.165) is 23.9 Å². The van der Waals surface area contributed by atoms with Crippen LogP contribution < -0.4 is 5.69 Å². The Balaban J connectivity index is 1.92. The van der Waals surface area contributed by atoms with Crippen molar-refractivity contribution >= 4 is 28.9 Å². The Morgan fingerprint density at radius 2 is 1.95 bits per heavy atom. The lowest BCUT2D eigenvalue weighted by atomic mass is 10.1. The minimum Gasteiger partial charge on any atom is -0.334 e. The zero-order chi connectivity index (χ0) is 13.4. The molecule has 1 N–H and O–H groups in total. The molecule has 1 fully saturated rings. The molecule has 6 heteroatoms. The topological polar surface area (TPSA) is 58.1 Å². The summed E-state index contributed by atoms with van der Waals surface area (Å²) in [5, 5.41) is -0.190. The number of imidazole rings is 1. The minimum absolute atomic E-state index is 0.0724. The zero-order valence-electron chi connectivity index (χ0n) is 10.4. The molecule has 2 aromatic rings. The van der Waals surface area contributed by atoms with E-state index in [9.17, 15) is 9.59 Å². The Bertz CT molecular complexity index is 668. The second-order valence-electron chi connectivity index (χ2n) is 4.82. The molecule has 1 aromatic carbocycles. The lowest BCUT2D eigenvalue weighted by molar-refractivity contribution is 0.194. The summed E-state index contributed by atoms with van der Waals surface area (Å²) < 4.78 is 1.82. The Hall–Kier alpha value is -1.69. The summed E-state index contributed by atoms with van der Waals surface area (Å²) in [6, 6.07) is 7.83. The number of nitrogens with zero attached hydrogens (tertiary/aromatic N) is 2. The quantitative estimate of drug-likeness (QED) is 0.783. The number of likely N-dealkylation sites (tertiary alicyclic amines) is 1. The summed E-state index contributed by atoms with van der Waals surface area (Å²) >= 11 is 3.84. The number of carbonyl (C=O) groups is 1. The molecule has 2 heterocycles. The van der Waals surface area contributed by atoms with Crippen molar-refractivity contribution in [3.8, 4) is 0 Å². The van der Waals surface area contributed by atoms with Gasteiger partial charge >= 0.3 is 5.69 Å². The normalized spacial score (nSPS) is 17.0. The first-order chi connectivity index (χ1) is 9.16. The van der Waals surface area contributed by atoms with Crippen LogP contribution >= 0.6 is 12.6 Å². The molecule has 0 unspecified atom stereocenters. The first-order valence-corrected chi connectivity index (χ1v) is 6.78. The predicted octanol–water partition coefficient (Wildman–Crippen LogP) is 2.02. The van der Waals surface area contributed by atoms with Crippen LogP contribution in [0.3, 0.4) is 0 Å². The summed E-state index contributed by atoms with van der Waals surface area (Å²) in [7, 11) is 0. The molecule has 100 valence electrons. The molecule has 1 aromatic heterocycles. The number of hydrogen-bond donors (Lipinski definition) is 2. The smallest absolute Gasteiger partial charge is 0.326 e. The number of nitrogens with one attached hydrogen (secondary N) is 1. The minimum atomic E-state index is -0.190. The van der Waals surface area contributed by atoms with Crippen molar-refractivity contribution in [3.05, 3.63) is 34.7 Å². The number of aromatic nitrogens is 2. The molecule has 1 saturated heterocycles. The molecule has 1 aliphatic heterocycles. The van der Waals surface area contributed by atoms with E-state index in [4.69, 9.17) is 0 Å². The number of thiol groups is 1. The molecule has 5 nitrogen and oxygen atoms in total. The number of carbonyl (C=O) groups excluding carboxylic acids is 1. The highest BCUT2D eigenvalue weighted by molar-refractivity contribution is 7.96. The Morgan fingerprint density at radius 3 is 2.63 bits per heavy atom. The van der Waals surface area contributed by atoms with Crippen molar-refractivity contribution in [2.75, 3.05) is 13.1 Å². The van der Waals surface area contributed by atoms with Gasteiger partial charge in [0.1, 0.15) is 0 Å². The van der Waals surface area contributed by atoms with Crippen LogP contribution in [0.5, 0.6) is 0 Å². The van der Waals surface area contributed by atoms with Gasteiger partial charge in [0.2, 0.25) is 0 Å². The van der Waals surface area contributed by atoms with E-state index in [2.05, 4.69) is 17.6 Å². The van der Waals surface area contributed by atoms with Gasteiger partial charge in [-0.2, -0.15) is 0 Å². The maximum absolute atomic E-state index is 12.1. The van der Waals surface area contributed by atoms with Crippen molar-refractivity contribution in [1.82, 2.24) is 14.5 Å². The van der Waals surface area contributed by atoms with E-state index < -0.39 is 0 Å². The number of rotatable bonds is 1. The van der Waals surface area contributed by atoms with Crippen LogP contribution in [0.2, 0.25) is 0 Å². The number of piperidine rings is 1. The fourth-order valence-electron chi connectivity index (χ4n) is 2.75. The van der Waals surface area contributed by atoms with Crippen molar-refractivity contribution in [3.63, 3.8) is 0 Å². The highest BCUT2D eigenvalue weighted by atomic mass is 32.1. The SMILES string of the molecule is O=C(S)N1CCC(n2c(=O)[nH]c3ccccc32)CC1. The number of aromatic amines is 1. The number of amides is 1. The van der Waals surface area contributed by atoms with Gasteiger partial charge in [-0.25, -0.2) is 4.79 Å². The van der Waals surface area contributed by atoms with Crippen LogP contribution in [0.25, 0.3) is 11.0 Å². The fraction of sp³-hybridized carbons (Fsp3) is 0.385. The van der Waals surface area contributed by atoms with Crippen LogP contribution in [0.4, 0.5) is 4.79 Å². The molecule has 19 heavy (non-hydrogen) atoms. The average Bonchev–Trinajstić information content (AvgIpc) is 2.74. The Morgan fingerprint density at radius 1 is 1.26 bits per heavy atom. The summed E-state index contributed by atoms with van der Waals surface area (Å²) in [4.78, 5) is 27.8. The third-order valence-electron chi connectivity index (χ3n) is 3.72. The van der Waals surface area contributed by atoms with Gasteiger partial charge in [0.05, 0.1) is 11.0 Å². The van der Waals surface area contributed by atoms with Crippen LogP contribution in [-0.4, -0.2) is 32.8 Å². The molecular weight excluding hydrogens is 262 g/mol. The van der Waals surface area contributed by atoms with Crippen LogP contribution in [-0.2, 0) is 0 Å². The first kappa shape index (κ1) is 12.3. The molecule has 0 radical (unpaired) electrons. The molecular formula is C13H15N3O2S. The van der Waals surface area contributed by atoms with E-state index in [1.807, 2.05) is 28.8 Å². The molecule has 3 rings (SSSR count). The summed E-state index contributed by atoms with van der Waals surface area (Å²) in [5.41, 5.74) is 1.72. The first-order valence-electron chi connectivity index (χ1n) is 6.34. The monoisotopic (exact) mass is 277 g/mol. The van der Waals surface area contributed by atoms with Crippen molar-refractivity contribution in [2.45, 2.75) is 18.9 Å². The summed E-state index contributed by atoms with van der Waals surface area (Å²) in [6.45, 7) is 1.30. The van der Waals surface area contributed by atoms with Gasteiger partial charge in [0.15, 0.2) is 0 Å². The highest BCUT2D eigenvalue weighted by Gasteiger charge is 2.24. The van der Waals surface area contributed by atoms with Gasteiger partial charge in [-0.3, -0.25) is 9.36 Å². The van der Waals surface area contributed by atoms with Gasteiger partial charge in [0.25, 0.3) is 5.24 Å². The third kappa shape index (κ3) is 2.16. The third-order valence-corrected chi connectivity index (χ3v) is 4.01. The lowest BCUT2D eigenvalue weighted by Gasteiger charge is -2.31. The fourth-order valence-corrected chi connectivity index (χ4v) is 2.95. The molecule has 0 aliphatic carbocycles. The molecule has 0 spiro atoms. The highest BCUT2D eigenvalue weighted by Crippen LogP contribution is 2.25. The summed E-state index contributed by atoms with van der Waals surface area (Å²) in [5.74, 6) is 0. The van der Waals surface area contributed by atoms with Crippen LogP contribution in [0.1, 0.15) is 18.9 Å². The molecule has 1 aliphatic rings. The van der Waals surface area contributed by atoms with E-state index in [1.165, 1.54) is 0 Å². The largest absolute Gasteiger partial charge is 0.334 e. The van der Waals surface area contributed by atoms with Gasteiger partial charge in [-0.15, -0.1) is 0 Å².